The molecule has 2 aromatic carbocycles. The second kappa shape index (κ2) is 6.15. The minimum Gasteiger partial charge on any atom is -0.405 e. The molecule has 0 aromatic heterocycles. The van der Waals surface area contributed by atoms with Gasteiger partial charge in [0.1, 0.15) is 5.75 Å². The lowest BCUT2D eigenvalue weighted by molar-refractivity contribution is -0.384. The highest BCUT2D eigenvalue weighted by Gasteiger charge is 2.33. The summed E-state index contributed by atoms with van der Waals surface area (Å²) >= 11 is 0. The second-order valence-electron chi connectivity index (χ2n) is 4.90. The predicted octanol–water partition coefficient (Wildman–Crippen LogP) is 4.23. The molecule has 0 fully saturated rings. The summed E-state index contributed by atoms with van der Waals surface area (Å²) in [6, 6.07) is 9.56. The number of benzene rings is 2. The maximum absolute atomic E-state index is 12.5. The van der Waals surface area contributed by atoms with Crippen molar-refractivity contribution in [2.75, 3.05) is 19.0 Å². The molecule has 122 valence electrons. The van der Waals surface area contributed by atoms with Crippen LogP contribution in [0.15, 0.2) is 42.5 Å². The Balaban J connectivity index is 2.65. The van der Waals surface area contributed by atoms with Crippen LogP contribution in [0.2, 0.25) is 0 Å². The number of rotatable bonds is 4. The van der Waals surface area contributed by atoms with Crippen LogP contribution in [0.1, 0.15) is 0 Å². The van der Waals surface area contributed by atoms with E-state index in [9.17, 15) is 23.3 Å². The van der Waals surface area contributed by atoms with Crippen LogP contribution in [0.3, 0.4) is 0 Å². The number of halogens is 3. The summed E-state index contributed by atoms with van der Waals surface area (Å²) in [6.07, 6.45) is -4.88. The summed E-state index contributed by atoms with van der Waals surface area (Å²) in [5.74, 6) is -0.487. The number of para-hydroxylation sites is 1. The van der Waals surface area contributed by atoms with Crippen molar-refractivity contribution in [2.24, 2.45) is 0 Å². The van der Waals surface area contributed by atoms with Gasteiger partial charge in [-0.15, -0.1) is 13.2 Å². The summed E-state index contributed by atoms with van der Waals surface area (Å²) in [7, 11) is 3.45. The monoisotopic (exact) mass is 326 g/mol. The maximum Gasteiger partial charge on any atom is 0.573 e. The highest BCUT2D eigenvalue weighted by Crippen LogP contribution is 2.39. The number of nitro benzene ring substituents is 1. The average Bonchev–Trinajstić information content (AvgIpc) is 2.45. The lowest BCUT2D eigenvalue weighted by Crippen LogP contribution is -2.17. The van der Waals surface area contributed by atoms with Crippen LogP contribution in [-0.4, -0.2) is 25.4 Å². The molecule has 0 heterocycles. The SMILES string of the molecule is CN(C)c1ccc([N+](=O)[O-])c(-c2ccccc2OC(F)(F)F)c1. The Labute approximate surface area is 130 Å². The van der Waals surface area contributed by atoms with Crippen molar-refractivity contribution >= 4 is 11.4 Å². The molecule has 2 rings (SSSR count). The van der Waals surface area contributed by atoms with Crippen LogP contribution in [0.25, 0.3) is 11.1 Å². The highest BCUT2D eigenvalue weighted by atomic mass is 19.4. The molecule has 0 spiro atoms. The van der Waals surface area contributed by atoms with Gasteiger partial charge in [0.25, 0.3) is 5.69 Å². The first-order valence-corrected chi connectivity index (χ1v) is 6.50. The van der Waals surface area contributed by atoms with Crippen molar-refractivity contribution in [3.8, 4) is 16.9 Å². The molecule has 0 atom stereocenters. The smallest absolute Gasteiger partial charge is 0.405 e. The number of nitrogens with zero attached hydrogens (tertiary/aromatic N) is 2. The minimum absolute atomic E-state index is 0.000208. The van der Waals surface area contributed by atoms with Crippen molar-refractivity contribution in [3.63, 3.8) is 0 Å². The van der Waals surface area contributed by atoms with E-state index in [-0.39, 0.29) is 16.8 Å². The van der Waals surface area contributed by atoms with Gasteiger partial charge >= 0.3 is 6.36 Å². The van der Waals surface area contributed by atoms with E-state index in [2.05, 4.69) is 4.74 Å². The molecule has 0 unspecified atom stereocenters. The first kappa shape index (κ1) is 16.6. The molecule has 0 aliphatic heterocycles. The van der Waals surface area contributed by atoms with Crippen LogP contribution < -0.4 is 9.64 Å². The van der Waals surface area contributed by atoms with Crippen LogP contribution in [0.4, 0.5) is 24.5 Å². The van der Waals surface area contributed by atoms with Crippen molar-refractivity contribution in [3.05, 3.63) is 52.6 Å². The number of ether oxygens (including phenoxy) is 1. The molecule has 0 saturated heterocycles. The Bertz CT molecular complexity index is 730. The van der Waals surface area contributed by atoms with Crippen LogP contribution in [0.5, 0.6) is 5.75 Å². The van der Waals surface area contributed by atoms with Gasteiger partial charge in [-0.2, -0.15) is 0 Å². The van der Waals surface area contributed by atoms with E-state index in [1.165, 1.54) is 36.4 Å². The van der Waals surface area contributed by atoms with E-state index in [0.29, 0.717) is 5.69 Å². The molecule has 0 N–H and O–H groups in total. The van der Waals surface area contributed by atoms with E-state index in [1.807, 2.05) is 0 Å². The zero-order valence-electron chi connectivity index (χ0n) is 12.3. The Kier molecular flexibility index (Phi) is 4.44. The third-order valence-electron chi connectivity index (χ3n) is 3.10. The molecular weight excluding hydrogens is 313 g/mol. The van der Waals surface area contributed by atoms with E-state index >= 15 is 0 Å². The molecule has 8 heteroatoms. The first-order chi connectivity index (χ1) is 10.7. The first-order valence-electron chi connectivity index (χ1n) is 6.50. The Morgan fingerprint density at radius 2 is 1.74 bits per heavy atom. The third kappa shape index (κ3) is 3.91. The topological polar surface area (TPSA) is 55.6 Å². The molecule has 0 aliphatic rings. The molecule has 0 radical (unpaired) electrons. The number of alkyl halides is 3. The van der Waals surface area contributed by atoms with Gasteiger partial charge in [-0.1, -0.05) is 18.2 Å². The van der Waals surface area contributed by atoms with E-state index < -0.39 is 17.0 Å². The zero-order chi connectivity index (χ0) is 17.2. The van der Waals surface area contributed by atoms with Crippen LogP contribution in [0, 0.1) is 10.1 Å². The van der Waals surface area contributed by atoms with E-state index in [1.54, 1.807) is 19.0 Å². The Morgan fingerprint density at radius 1 is 1.09 bits per heavy atom. The molecule has 2 aromatic rings. The van der Waals surface area contributed by atoms with Gasteiger partial charge in [0.05, 0.1) is 10.5 Å². The summed E-state index contributed by atoms with van der Waals surface area (Å²) < 4.78 is 41.6. The van der Waals surface area contributed by atoms with Gasteiger partial charge in [0.2, 0.25) is 0 Å². The van der Waals surface area contributed by atoms with Gasteiger partial charge in [-0.05, 0) is 18.2 Å². The molecular formula is C15H13F3N2O3. The fraction of sp³-hybridized carbons (Fsp3) is 0.200. The number of hydrogen-bond donors (Lipinski definition) is 0. The molecule has 0 aliphatic carbocycles. The fourth-order valence-electron chi connectivity index (χ4n) is 2.08. The summed E-state index contributed by atoms with van der Waals surface area (Å²) in [6.45, 7) is 0. The van der Waals surface area contributed by atoms with Gasteiger partial charge in [-0.3, -0.25) is 10.1 Å². The predicted molar refractivity (Wildman–Crippen MR) is 79.5 cm³/mol. The minimum atomic E-state index is -4.88. The maximum atomic E-state index is 12.5. The van der Waals surface area contributed by atoms with Gasteiger partial charge < -0.3 is 9.64 Å². The molecule has 0 bridgehead atoms. The van der Waals surface area contributed by atoms with Gasteiger partial charge in [-0.25, -0.2) is 0 Å². The quantitative estimate of drug-likeness (QED) is 0.623. The highest BCUT2D eigenvalue weighted by molar-refractivity contribution is 5.81. The fourth-order valence-corrected chi connectivity index (χ4v) is 2.08. The summed E-state index contributed by atoms with van der Waals surface area (Å²) in [5, 5.41) is 11.2. The van der Waals surface area contributed by atoms with E-state index in [4.69, 9.17) is 0 Å². The number of anilines is 1. The number of hydrogen-bond acceptors (Lipinski definition) is 4. The van der Waals surface area contributed by atoms with Gasteiger partial charge in [0, 0.05) is 31.4 Å². The lowest BCUT2D eigenvalue weighted by atomic mass is 10.0. The standard InChI is InChI=1S/C15H13F3N2O3/c1-19(2)10-7-8-13(20(21)22)12(9-10)11-5-3-4-6-14(11)23-15(16,17)18/h3-9H,1-2H3. The zero-order valence-corrected chi connectivity index (χ0v) is 12.3. The summed E-state index contributed by atoms with van der Waals surface area (Å²) in [4.78, 5) is 12.3. The van der Waals surface area contributed by atoms with Gasteiger partial charge in [0.15, 0.2) is 0 Å². The molecule has 0 amide bonds. The van der Waals surface area contributed by atoms with Crippen molar-refractivity contribution in [1.82, 2.24) is 0 Å². The normalized spacial score (nSPS) is 11.2. The van der Waals surface area contributed by atoms with E-state index in [0.717, 1.165) is 6.07 Å². The van der Waals surface area contributed by atoms with Crippen molar-refractivity contribution < 1.29 is 22.8 Å². The van der Waals surface area contributed by atoms with Crippen molar-refractivity contribution in [1.29, 1.82) is 0 Å². The average molecular weight is 326 g/mol. The summed E-state index contributed by atoms with van der Waals surface area (Å²) in [5.41, 5.74) is 0.377. The Hall–Kier alpha value is -2.77. The third-order valence-corrected chi connectivity index (χ3v) is 3.10. The lowest BCUT2D eigenvalue weighted by Gasteiger charge is -2.16. The molecule has 23 heavy (non-hydrogen) atoms. The number of nitro groups is 1. The largest absolute Gasteiger partial charge is 0.573 e. The Morgan fingerprint density at radius 3 is 2.30 bits per heavy atom. The second-order valence-corrected chi connectivity index (χ2v) is 4.90. The van der Waals surface area contributed by atoms with Crippen LogP contribution in [-0.2, 0) is 0 Å². The van der Waals surface area contributed by atoms with Crippen molar-refractivity contribution in [2.45, 2.75) is 6.36 Å². The molecule has 0 saturated carbocycles. The van der Waals surface area contributed by atoms with Crippen LogP contribution >= 0.6 is 0 Å². The molecule has 5 nitrogen and oxygen atoms in total.